The number of nitrogens with one attached hydrogen (secondary N) is 6. The summed E-state index contributed by atoms with van der Waals surface area (Å²) in [7, 11) is 0. The number of hydrogen-bond acceptors (Lipinski definition) is 20. The molecule has 22 nitrogen and oxygen atoms in total. The molecule has 18 N–H and O–H groups in total. The number of carboxylic acids is 2. The molecule has 6 atom stereocenters. The van der Waals surface area contributed by atoms with Crippen LogP contribution in [-0.2, 0) is 37.5 Å². The van der Waals surface area contributed by atoms with Crippen LogP contribution in [0.5, 0.6) is 0 Å². The summed E-state index contributed by atoms with van der Waals surface area (Å²) in [5, 5.41) is 52.9. The Kier molecular flexibility index (Phi) is 30.2. The molecule has 6 aromatic carbocycles. The second-order valence-corrected chi connectivity index (χ2v) is 23.6. The third kappa shape index (κ3) is 18.9. The molecule has 0 saturated carbocycles. The molecule has 0 radical (unpaired) electrons. The predicted molar refractivity (Wildman–Crippen MR) is 387 cm³/mol. The van der Waals surface area contributed by atoms with Crippen LogP contribution < -0.4 is 87.6 Å². The number of rotatable bonds is 20. The Morgan fingerprint density at radius 1 is 0.385 bits per heavy atom. The quantitative estimate of drug-likeness (QED) is 0.0334. The molecule has 30 heteroatoms. The average Bonchev–Trinajstić information content (AvgIpc) is 1.70. The van der Waals surface area contributed by atoms with Crippen LogP contribution in [0.4, 0.5) is 34.1 Å². The van der Waals surface area contributed by atoms with Crippen LogP contribution in [0.2, 0.25) is 40.9 Å². The first-order valence-corrected chi connectivity index (χ1v) is 32.9. The summed E-state index contributed by atoms with van der Waals surface area (Å²) in [6.45, 7) is 22.9. The molecular formula is C66H96B6N10O12Rf2. The van der Waals surface area contributed by atoms with Gasteiger partial charge in [-0.05, 0) is 146 Å². The van der Waals surface area contributed by atoms with Crippen molar-refractivity contribution in [2.45, 2.75) is 131 Å². The minimum atomic E-state index is -0.885. The van der Waals surface area contributed by atoms with Crippen LogP contribution in [0, 0.1) is 0 Å². The maximum absolute atomic E-state index is 10.6. The van der Waals surface area contributed by atoms with Gasteiger partial charge in [-0.15, -0.1) is 0 Å². The summed E-state index contributed by atoms with van der Waals surface area (Å²) >= 11 is 0. The van der Waals surface area contributed by atoms with Gasteiger partial charge in [-0.25, -0.2) is 0 Å². The molecule has 0 amide bonds. The summed E-state index contributed by atoms with van der Waals surface area (Å²) in [6, 6.07) is 36.3. The molecule has 6 unspecified atom stereocenters. The largest absolute Gasteiger partial charge is 0.480 e. The van der Waals surface area contributed by atoms with Crippen molar-refractivity contribution in [2.75, 3.05) is 84.9 Å². The summed E-state index contributed by atoms with van der Waals surface area (Å²) < 4.78 is 34.8. The Hall–Kier alpha value is -9.03. The minimum Gasteiger partial charge on any atom is -0.480 e. The number of benzene rings is 6. The number of aliphatic carboxylic acids is 2. The van der Waals surface area contributed by atoms with Crippen LogP contribution >= 0.6 is 0 Å². The minimum absolute atomic E-state index is 0. The standard InChI is InChI=1S/2C11H15BN2O3.2C11H17BN2O.2C11H16BNO2.2Rf/c1-12-9-4-7(14-6-11(15)16)2-3-8(9)10(5-13)17-12;1-12-11-7(9(5-13)17-12)3-2-4-8(11)14-6-10(15)16;1-3-11-9-5-4-8(14-7-13)6-10(9)12(2)15-11;1-3-10-8-5-4-6-9(14-7-13)11(8)12(2)15-10;1-3-11-9-5-4-8(13-7-14)6-10(9)12(2)15-11;1-3-10-8-5-4-6-9(13-7-14)11(8)12(2)15-10;;/h2-4,10,14H,5-6,13H2,1H3,(H,15,16);2-4,9,14H,5-6,13H2,1H3,(H,15,16);4-6,11,14H,3,7,13H2,1-2H3;4-6,10,14H,3,7,13H2,1-2H3;4-6,11,13-14H,3,7H2,1-2H3;4-6,10,13-14H,3,7H2,1-2H3;;. The molecule has 6 aromatic rings. The second-order valence-electron chi connectivity index (χ2n) is 23.6. The fourth-order valence-corrected chi connectivity index (χ4v) is 13.1. The molecule has 12 rings (SSSR count). The molecule has 0 aromatic heterocycles. The molecule has 6 aliphatic heterocycles. The number of carboxylic acid groups (broad SMARTS) is 2. The molecular weight excluding hydrogens is 1720 g/mol. The third-order valence-electron chi connectivity index (χ3n) is 17.4. The first kappa shape index (κ1) is 77.7. The Bertz CT molecular complexity index is 3320. The number of carbonyl (C=O) groups is 2. The van der Waals surface area contributed by atoms with Crippen LogP contribution in [-0.4, -0.2) is 127 Å². The van der Waals surface area contributed by atoms with Gasteiger partial charge in [0.15, 0.2) is 0 Å². The zero-order chi connectivity index (χ0) is 68.2. The molecule has 0 bridgehead atoms. The van der Waals surface area contributed by atoms with Gasteiger partial charge in [0.05, 0.1) is 50.0 Å². The number of nitrogens with two attached hydrogens (primary N) is 4. The van der Waals surface area contributed by atoms with E-state index in [2.05, 4.69) is 141 Å². The van der Waals surface area contributed by atoms with Crippen molar-refractivity contribution in [2.24, 2.45) is 22.9 Å². The van der Waals surface area contributed by atoms with E-state index < -0.39 is 11.9 Å². The predicted octanol–water partition coefficient (Wildman–Crippen LogP) is 5.45. The summed E-state index contributed by atoms with van der Waals surface area (Å²) in [5.41, 5.74) is 42.4. The SMILES string of the molecule is CB1OC(CN)c2ccc(NCC(=O)O)cc21.CB1OC(CN)c2cccc(NCC(=O)O)c21.CCC1OB(C)c2c(NCN)cccc21.CCC1OB(C)c2c(NCO)cccc21.CCC1OB(C)c2cc(NCN)ccc21.CCC1OB(C)c2cc(NCO)ccc21.[Rf].[Rf]. The third-order valence-corrected chi connectivity index (χ3v) is 17.4. The van der Waals surface area contributed by atoms with Gasteiger partial charge in [0.2, 0.25) is 0 Å². The van der Waals surface area contributed by atoms with Gasteiger partial charge in [-0.3, -0.25) is 9.59 Å². The molecule has 0 saturated heterocycles. The van der Waals surface area contributed by atoms with Gasteiger partial charge in [0, 0.05) is 47.2 Å². The van der Waals surface area contributed by atoms with Crippen LogP contribution in [0.25, 0.3) is 0 Å². The van der Waals surface area contributed by atoms with Crippen molar-refractivity contribution in [3.63, 3.8) is 0 Å². The van der Waals surface area contributed by atoms with Crippen LogP contribution in [0.3, 0.4) is 0 Å². The Morgan fingerprint density at radius 2 is 0.688 bits per heavy atom. The van der Waals surface area contributed by atoms with E-state index in [0.717, 1.165) is 81.9 Å². The van der Waals surface area contributed by atoms with Crippen molar-refractivity contribution in [3.05, 3.63) is 143 Å². The molecule has 6 aliphatic rings. The number of aliphatic hydroxyl groups excluding tert-OH is 2. The number of aliphatic hydroxyl groups is 2. The van der Waals surface area contributed by atoms with Gasteiger partial charge >= 0.3 is 53.4 Å². The van der Waals surface area contributed by atoms with Crippen molar-refractivity contribution >= 4 is 120 Å². The maximum atomic E-state index is 10.6. The van der Waals surface area contributed by atoms with E-state index in [9.17, 15) is 9.59 Å². The maximum Gasteiger partial charge on any atom is 0.326 e. The van der Waals surface area contributed by atoms with E-state index in [0.29, 0.717) is 26.4 Å². The van der Waals surface area contributed by atoms with Crippen molar-refractivity contribution in [1.29, 1.82) is 0 Å². The van der Waals surface area contributed by atoms with E-state index in [1.165, 1.54) is 44.1 Å². The Labute approximate surface area is 557 Å². The zero-order valence-electron chi connectivity index (χ0n) is 57.6. The smallest absolute Gasteiger partial charge is 0.326 e. The molecule has 0 aliphatic carbocycles. The van der Waals surface area contributed by atoms with E-state index >= 15 is 0 Å². The van der Waals surface area contributed by atoms with E-state index in [1.54, 1.807) is 0 Å². The summed E-state index contributed by atoms with van der Waals surface area (Å²) in [5.74, 6) is -1.76. The number of anilines is 6. The van der Waals surface area contributed by atoms with Crippen molar-refractivity contribution in [3.8, 4) is 0 Å². The molecule has 6 heterocycles. The monoisotopic (exact) mass is 1820 g/mol. The summed E-state index contributed by atoms with van der Waals surface area (Å²) in [4.78, 5) is 21.0. The van der Waals surface area contributed by atoms with Gasteiger partial charge in [-0.2, -0.15) is 0 Å². The molecule has 0 spiro atoms. The number of fused-ring (bicyclic) bond motifs is 6. The van der Waals surface area contributed by atoms with E-state index in [4.69, 9.17) is 71.3 Å². The van der Waals surface area contributed by atoms with E-state index in [1.807, 2.05) is 68.2 Å². The molecule has 96 heavy (non-hydrogen) atoms. The van der Waals surface area contributed by atoms with Crippen molar-refractivity contribution < 1.29 is 57.9 Å². The van der Waals surface area contributed by atoms with Gasteiger partial charge < -0.3 is 103 Å². The van der Waals surface area contributed by atoms with Crippen LogP contribution in [0.15, 0.2) is 109 Å². The Balaban J connectivity index is 0.000000208. The van der Waals surface area contributed by atoms with Gasteiger partial charge in [-0.1, -0.05) is 123 Å². The Morgan fingerprint density at radius 3 is 1.06 bits per heavy atom. The van der Waals surface area contributed by atoms with Gasteiger partial charge in [0.25, 0.3) is 0 Å². The number of hydrogen-bond donors (Lipinski definition) is 14. The topological polar surface area (TPSA) is 347 Å². The average molecular weight is 1820 g/mol. The van der Waals surface area contributed by atoms with E-state index in [-0.39, 0.29) is 105 Å². The second kappa shape index (κ2) is 37.3. The van der Waals surface area contributed by atoms with Crippen LogP contribution in [0.1, 0.15) is 123 Å². The molecule has 504 valence electrons. The fourth-order valence-electron chi connectivity index (χ4n) is 13.1. The first-order chi connectivity index (χ1) is 45.3. The summed E-state index contributed by atoms with van der Waals surface area (Å²) in [6.07, 6.45) is 4.85. The van der Waals surface area contributed by atoms with Gasteiger partial charge in [0.1, 0.15) is 26.6 Å². The normalized spacial score (nSPS) is 18.3. The molecule has 0 fully saturated rings. The fraction of sp³-hybridized carbons (Fsp3) is 0.424. The van der Waals surface area contributed by atoms with Crippen molar-refractivity contribution in [1.82, 2.24) is 0 Å². The zero-order valence-corrected chi connectivity index (χ0v) is 70.4. The first-order valence-electron chi connectivity index (χ1n) is 32.9.